The van der Waals surface area contributed by atoms with Crippen molar-refractivity contribution in [3.63, 3.8) is 0 Å². The minimum absolute atomic E-state index is 0.0256. The molecule has 0 rings (SSSR count). The molecule has 0 fully saturated rings. The average molecular weight is 298 g/mol. The maximum Gasteiger partial charge on any atom is 0.308 e. The SMILES string of the molecule is C=CCC(C)C(C)C(C)C(=O)C(C)(C)C(O)CC(=O)OC. The topological polar surface area (TPSA) is 63.6 Å². The van der Waals surface area contributed by atoms with E-state index in [9.17, 15) is 14.7 Å². The van der Waals surface area contributed by atoms with E-state index in [0.29, 0.717) is 5.92 Å². The number of aliphatic hydroxyl groups is 1. The van der Waals surface area contributed by atoms with E-state index in [4.69, 9.17) is 0 Å². The summed E-state index contributed by atoms with van der Waals surface area (Å²) in [6.07, 6.45) is 1.50. The van der Waals surface area contributed by atoms with Crippen LogP contribution in [-0.2, 0) is 14.3 Å². The second-order valence-electron chi connectivity index (χ2n) is 6.53. The van der Waals surface area contributed by atoms with Crippen molar-refractivity contribution in [2.75, 3.05) is 7.11 Å². The van der Waals surface area contributed by atoms with Crippen LogP contribution in [0.4, 0.5) is 0 Å². The van der Waals surface area contributed by atoms with Crippen molar-refractivity contribution < 1.29 is 19.4 Å². The number of aliphatic hydroxyl groups excluding tert-OH is 1. The normalized spacial score (nSPS) is 17.5. The van der Waals surface area contributed by atoms with Crippen LogP contribution in [0.1, 0.15) is 47.5 Å². The summed E-state index contributed by atoms with van der Waals surface area (Å²) in [7, 11) is 1.27. The van der Waals surface area contributed by atoms with Gasteiger partial charge in [-0.1, -0.05) is 40.7 Å². The number of esters is 1. The highest BCUT2D eigenvalue weighted by atomic mass is 16.5. The number of ketones is 1. The van der Waals surface area contributed by atoms with E-state index in [2.05, 4.69) is 18.2 Å². The third-order valence-corrected chi connectivity index (χ3v) is 4.69. The number of rotatable bonds is 9. The number of ether oxygens (including phenoxy) is 1. The van der Waals surface area contributed by atoms with Crippen molar-refractivity contribution in [3.8, 4) is 0 Å². The van der Waals surface area contributed by atoms with E-state index in [1.807, 2.05) is 19.9 Å². The largest absolute Gasteiger partial charge is 0.469 e. The number of Topliss-reactive ketones (excluding diaryl/α,β-unsaturated/α-hetero) is 1. The smallest absolute Gasteiger partial charge is 0.308 e. The molecule has 0 aliphatic heterocycles. The van der Waals surface area contributed by atoms with Gasteiger partial charge in [0, 0.05) is 5.92 Å². The number of hydrogen-bond donors (Lipinski definition) is 1. The molecule has 0 amide bonds. The average Bonchev–Trinajstić information content (AvgIpc) is 2.44. The molecule has 21 heavy (non-hydrogen) atoms. The quantitative estimate of drug-likeness (QED) is 0.525. The molecule has 0 radical (unpaired) electrons. The first-order valence-electron chi connectivity index (χ1n) is 7.49. The first kappa shape index (κ1) is 19.8. The van der Waals surface area contributed by atoms with Gasteiger partial charge in [0.05, 0.1) is 25.0 Å². The molecule has 0 aliphatic carbocycles. The molecule has 0 heterocycles. The van der Waals surface area contributed by atoms with Crippen molar-refractivity contribution in [1.82, 2.24) is 0 Å². The summed E-state index contributed by atoms with van der Waals surface area (Å²) >= 11 is 0. The van der Waals surface area contributed by atoms with Gasteiger partial charge in [-0.15, -0.1) is 6.58 Å². The monoisotopic (exact) mass is 298 g/mol. The molecule has 0 bridgehead atoms. The van der Waals surface area contributed by atoms with Crippen LogP contribution in [0.15, 0.2) is 12.7 Å². The van der Waals surface area contributed by atoms with Crippen molar-refractivity contribution in [1.29, 1.82) is 0 Å². The van der Waals surface area contributed by atoms with Crippen LogP contribution in [0.25, 0.3) is 0 Å². The van der Waals surface area contributed by atoms with Gasteiger partial charge in [-0.3, -0.25) is 9.59 Å². The maximum atomic E-state index is 12.7. The van der Waals surface area contributed by atoms with E-state index in [-0.39, 0.29) is 24.0 Å². The molecule has 0 aromatic rings. The molecule has 0 spiro atoms. The van der Waals surface area contributed by atoms with Crippen LogP contribution >= 0.6 is 0 Å². The Morgan fingerprint density at radius 2 is 1.81 bits per heavy atom. The summed E-state index contributed by atoms with van der Waals surface area (Å²) in [5.41, 5.74) is -0.976. The molecule has 122 valence electrons. The molecule has 1 N–H and O–H groups in total. The fraction of sp³-hybridized carbons (Fsp3) is 0.765. The number of carbonyl (C=O) groups excluding carboxylic acids is 2. The molecule has 0 aromatic carbocycles. The Balaban J connectivity index is 4.94. The Labute approximate surface area is 128 Å². The molecular formula is C17H30O4. The lowest BCUT2D eigenvalue weighted by atomic mass is 9.70. The van der Waals surface area contributed by atoms with Crippen molar-refractivity contribution in [2.45, 2.75) is 53.6 Å². The standard InChI is InChI=1S/C17H30O4/c1-8-9-11(2)12(3)13(4)16(20)17(5,6)14(18)10-15(19)21-7/h8,11-14,18H,1,9-10H2,2-7H3. The van der Waals surface area contributed by atoms with Gasteiger partial charge >= 0.3 is 5.97 Å². The summed E-state index contributed by atoms with van der Waals surface area (Å²) in [4.78, 5) is 24.0. The highest BCUT2D eigenvalue weighted by Crippen LogP contribution is 2.33. The summed E-state index contributed by atoms with van der Waals surface area (Å²) in [6, 6.07) is 0. The molecule has 4 nitrogen and oxygen atoms in total. The van der Waals surface area contributed by atoms with Crippen molar-refractivity contribution >= 4 is 11.8 Å². The zero-order valence-corrected chi connectivity index (χ0v) is 14.2. The number of carbonyl (C=O) groups is 2. The van der Waals surface area contributed by atoms with Gasteiger partial charge in [0.1, 0.15) is 5.78 Å². The molecule has 0 saturated carbocycles. The van der Waals surface area contributed by atoms with Crippen molar-refractivity contribution in [2.24, 2.45) is 23.2 Å². The zero-order chi connectivity index (χ0) is 16.8. The van der Waals surface area contributed by atoms with Gasteiger partial charge in [0.25, 0.3) is 0 Å². The molecule has 4 atom stereocenters. The minimum atomic E-state index is -1.04. The van der Waals surface area contributed by atoms with Crippen LogP contribution in [0.3, 0.4) is 0 Å². The van der Waals surface area contributed by atoms with Gasteiger partial charge < -0.3 is 9.84 Å². The third kappa shape index (κ3) is 5.27. The fourth-order valence-corrected chi connectivity index (χ4v) is 2.46. The molecule has 0 aromatic heterocycles. The maximum absolute atomic E-state index is 12.7. The Hall–Kier alpha value is -1.16. The number of hydrogen-bond acceptors (Lipinski definition) is 4. The minimum Gasteiger partial charge on any atom is -0.469 e. The summed E-state index contributed by atoms with van der Waals surface area (Å²) in [5.74, 6) is -0.205. The van der Waals surface area contributed by atoms with Gasteiger partial charge in [-0.05, 0) is 18.3 Å². The molecule has 0 aliphatic rings. The zero-order valence-electron chi connectivity index (χ0n) is 14.2. The van der Waals surface area contributed by atoms with Gasteiger partial charge in [0.15, 0.2) is 0 Å². The van der Waals surface area contributed by atoms with E-state index >= 15 is 0 Å². The predicted molar refractivity (Wildman–Crippen MR) is 83.7 cm³/mol. The van der Waals surface area contributed by atoms with E-state index in [1.54, 1.807) is 13.8 Å². The first-order chi connectivity index (χ1) is 9.59. The lowest BCUT2D eigenvalue weighted by Gasteiger charge is -2.34. The van der Waals surface area contributed by atoms with Crippen LogP contribution < -0.4 is 0 Å². The van der Waals surface area contributed by atoms with Crippen molar-refractivity contribution in [3.05, 3.63) is 12.7 Å². The predicted octanol–water partition coefficient (Wildman–Crippen LogP) is 2.99. The van der Waals surface area contributed by atoms with E-state index in [0.717, 1.165) is 6.42 Å². The lowest BCUT2D eigenvalue weighted by molar-refractivity contribution is -0.148. The first-order valence-corrected chi connectivity index (χ1v) is 7.49. The van der Waals surface area contributed by atoms with Crippen LogP contribution in [0.5, 0.6) is 0 Å². The third-order valence-electron chi connectivity index (χ3n) is 4.69. The van der Waals surface area contributed by atoms with Crippen LogP contribution in [-0.4, -0.2) is 30.1 Å². The Bertz CT molecular complexity index is 373. The highest BCUT2D eigenvalue weighted by Gasteiger charge is 2.41. The van der Waals surface area contributed by atoms with E-state index in [1.165, 1.54) is 7.11 Å². The summed E-state index contributed by atoms with van der Waals surface area (Å²) < 4.78 is 4.55. The van der Waals surface area contributed by atoms with Crippen LogP contribution in [0.2, 0.25) is 0 Å². The van der Waals surface area contributed by atoms with E-state index < -0.39 is 17.5 Å². The summed E-state index contributed by atoms with van der Waals surface area (Å²) in [5, 5.41) is 10.2. The molecular weight excluding hydrogens is 268 g/mol. The van der Waals surface area contributed by atoms with Crippen LogP contribution in [0, 0.1) is 23.2 Å². The van der Waals surface area contributed by atoms with Gasteiger partial charge in [-0.2, -0.15) is 0 Å². The molecule has 4 unspecified atom stereocenters. The Morgan fingerprint density at radius 3 is 2.24 bits per heavy atom. The lowest BCUT2D eigenvalue weighted by Crippen LogP contribution is -2.43. The fourth-order valence-electron chi connectivity index (χ4n) is 2.46. The second kappa shape index (κ2) is 8.32. The number of allylic oxidation sites excluding steroid dienone is 1. The number of methoxy groups -OCH3 is 1. The molecule has 4 heteroatoms. The molecule has 0 saturated heterocycles. The van der Waals surface area contributed by atoms with Gasteiger partial charge in [0.2, 0.25) is 0 Å². The highest BCUT2D eigenvalue weighted by molar-refractivity contribution is 5.87. The van der Waals surface area contributed by atoms with Gasteiger partial charge in [-0.25, -0.2) is 0 Å². The Morgan fingerprint density at radius 1 is 1.29 bits per heavy atom. The Kier molecular flexibility index (Phi) is 7.86. The second-order valence-corrected chi connectivity index (χ2v) is 6.53. The summed E-state index contributed by atoms with van der Waals surface area (Å²) in [6.45, 7) is 13.1.